The lowest BCUT2D eigenvalue weighted by molar-refractivity contribution is -0.120. The first-order chi connectivity index (χ1) is 5.11. The molecule has 0 aromatic rings. The quantitative estimate of drug-likeness (QED) is 0.616. The Morgan fingerprint density at radius 2 is 2.09 bits per heavy atom. The Balaban J connectivity index is 3.84. The molecule has 1 atom stereocenters. The third-order valence-electron chi connectivity index (χ3n) is 1.45. The van der Waals surface area contributed by atoms with Crippen LogP contribution in [0.3, 0.4) is 0 Å². The van der Waals surface area contributed by atoms with Crippen LogP contribution in [0, 0.1) is 0 Å². The van der Waals surface area contributed by atoms with Crippen molar-refractivity contribution in [1.29, 1.82) is 0 Å². The summed E-state index contributed by atoms with van der Waals surface area (Å²) in [6.45, 7) is 5.93. The second kappa shape index (κ2) is 5.61. The molecular weight excluding hydrogens is 158 g/mol. The van der Waals surface area contributed by atoms with Gasteiger partial charge in [-0.1, -0.05) is 20.8 Å². The molecule has 2 nitrogen and oxygen atoms in total. The number of nitrogens with one attached hydrogen (secondary N) is 1. The highest BCUT2D eigenvalue weighted by Gasteiger charge is 2.14. The van der Waals surface area contributed by atoms with Gasteiger partial charge in [0.25, 0.3) is 0 Å². The van der Waals surface area contributed by atoms with E-state index in [1.165, 1.54) is 0 Å². The summed E-state index contributed by atoms with van der Waals surface area (Å²) < 4.78 is 0. The van der Waals surface area contributed by atoms with E-state index in [2.05, 4.69) is 17.9 Å². The maximum Gasteiger partial charge on any atom is 0.150 e. The third-order valence-corrected chi connectivity index (χ3v) is 1.82. The second-order valence-electron chi connectivity index (χ2n) is 2.88. The van der Waals surface area contributed by atoms with Crippen LogP contribution < -0.4 is 5.32 Å². The molecule has 1 unspecified atom stereocenters. The minimum Gasteiger partial charge on any atom is -0.305 e. The Morgan fingerprint density at radius 3 is 2.36 bits per heavy atom. The van der Waals surface area contributed by atoms with Crippen LogP contribution in [0.2, 0.25) is 0 Å². The molecule has 0 saturated heterocycles. The largest absolute Gasteiger partial charge is 0.305 e. The number of rotatable bonds is 5. The van der Waals surface area contributed by atoms with Gasteiger partial charge in [0.1, 0.15) is 5.78 Å². The first kappa shape index (κ1) is 11.0. The summed E-state index contributed by atoms with van der Waals surface area (Å²) in [6, 6.07) is 0.283. The Morgan fingerprint density at radius 1 is 1.55 bits per heavy atom. The molecule has 0 aliphatic carbocycles. The van der Waals surface area contributed by atoms with Crippen LogP contribution in [-0.2, 0) is 4.79 Å². The Bertz CT molecular complexity index is 125. The number of hydrogen-bond donors (Lipinski definition) is 2. The molecule has 0 aromatic heterocycles. The standard InChI is InChI=1S/C8H17NOS/c1-4-8(10)7(5-11)9-6(2)3/h6-7,9,11H,4-5H2,1-3H3. The topological polar surface area (TPSA) is 29.1 Å². The van der Waals surface area contributed by atoms with Crippen molar-refractivity contribution >= 4 is 18.4 Å². The Labute approximate surface area is 74.2 Å². The lowest BCUT2D eigenvalue weighted by Crippen LogP contribution is -2.41. The van der Waals surface area contributed by atoms with Gasteiger partial charge in [0.15, 0.2) is 0 Å². The summed E-state index contributed by atoms with van der Waals surface area (Å²) in [7, 11) is 0. The second-order valence-corrected chi connectivity index (χ2v) is 3.24. The van der Waals surface area contributed by atoms with Gasteiger partial charge < -0.3 is 5.32 Å². The average Bonchev–Trinajstić information content (AvgIpc) is 1.98. The van der Waals surface area contributed by atoms with E-state index >= 15 is 0 Å². The molecule has 0 aromatic carbocycles. The molecule has 0 radical (unpaired) electrons. The van der Waals surface area contributed by atoms with Crippen LogP contribution in [0.4, 0.5) is 0 Å². The number of ketones is 1. The number of Topliss-reactive ketones (excluding diaryl/α,β-unsaturated/α-hetero) is 1. The molecular formula is C8H17NOS. The maximum absolute atomic E-state index is 11.2. The fourth-order valence-electron chi connectivity index (χ4n) is 0.896. The molecule has 66 valence electrons. The molecule has 11 heavy (non-hydrogen) atoms. The SMILES string of the molecule is CCC(=O)C(CS)NC(C)C. The van der Waals surface area contributed by atoms with Crippen molar-refractivity contribution in [3.05, 3.63) is 0 Å². The predicted octanol–water partition coefficient (Wildman–Crippen LogP) is 1.26. The molecule has 0 amide bonds. The molecule has 0 heterocycles. The van der Waals surface area contributed by atoms with Crippen molar-refractivity contribution in [2.45, 2.75) is 39.3 Å². The fraction of sp³-hybridized carbons (Fsp3) is 0.875. The summed E-state index contributed by atoms with van der Waals surface area (Å²) >= 11 is 4.10. The molecule has 1 N–H and O–H groups in total. The molecule has 0 bridgehead atoms. The number of carbonyl (C=O) groups excluding carboxylic acids is 1. The van der Waals surface area contributed by atoms with Gasteiger partial charge in [-0.3, -0.25) is 4.79 Å². The van der Waals surface area contributed by atoms with Crippen molar-refractivity contribution in [2.24, 2.45) is 0 Å². The summed E-state index contributed by atoms with van der Waals surface area (Å²) in [5, 5.41) is 3.15. The molecule has 0 saturated carbocycles. The maximum atomic E-state index is 11.2. The average molecular weight is 175 g/mol. The van der Waals surface area contributed by atoms with E-state index in [1.807, 2.05) is 20.8 Å². The van der Waals surface area contributed by atoms with Gasteiger partial charge in [-0.05, 0) is 0 Å². The van der Waals surface area contributed by atoms with Gasteiger partial charge in [-0.25, -0.2) is 0 Å². The van der Waals surface area contributed by atoms with E-state index in [0.29, 0.717) is 18.2 Å². The first-order valence-electron chi connectivity index (χ1n) is 4.01. The van der Waals surface area contributed by atoms with Gasteiger partial charge in [0.2, 0.25) is 0 Å². The van der Waals surface area contributed by atoms with Crippen molar-refractivity contribution in [1.82, 2.24) is 5.32 Å². The lowest BCUT2D eigenvalue weighted by atomic mass is 10.1. The van der Waals surface area contributed by atoms with E-state index < -0.39 is 0 Å². The van der Waals surface area contributed by atoms with Gasteiger partial charge in [-0.15, -0.1) is 0 Å². The minimum atomic E-state index is -0.0664. The normalized spacial score (nSPS) is 13.5. The van der Waals surface area contributed by atoms with E-state index in [0.717, 1.165) is 0 Å². The highest BCUT2D eigenvalue weighted by molar-refractivity contribution is 7.80. The van der Waals surface area contributed by atoms with Gasteiger partial charge >= 0.3 is 0 Å². The van der Waals surface area contributed by atoms with Crippen LogP contribution in [0.5, 0.6) is 0 Å². The Kier molecular flexibility index (Phi) is 5.60. The van der Waals surface area contributed by atoms with Crippen molar-refractivity contribution < 1.29 is 4.79 Å². The highest BCUT2D eigenvalue weighted by Crippen LogP contribution is 1.95. The van der Waals surface area contributed by atoms with Gasteiger partial charge in [0.05, 0.1) is 6.04 Å². The van der Waals surface area contributed by atoms with Gasteiger partial charge in [0, 0.05) is 18.2 Å². The number of carbonyl (C=O) groups is 1. The molecule has 0 fully saturated rings. The van der Waals surface area contributed by atoms with E-state index in [9.17, 15) is 4.79 Å². The summed E-state index contributed by atoms with van der Waals surface area (Å²) in [5.74, 6) is 0.832. The minimum absolute atomic E-state index is 0.0664. The van der Waals surface area contributed by atoms with Crippen LogP contribution in [0.1, 0.15) is 27.2 Å². The zero-order chi connectivity index (χ0) is 8.85. The monoisotopic (exact) mass is 175 g/mol. The zero-order valence-corrected chi connectivity index (χ0v) is 8.32. The molecule has 0 aliphatic heterocycles. The van der Waals surface area contributed by atoms with Crippen molar-refractivity contribution in [3.63, 3.8) is 0 Å². The van der Waals surface area contributed by atoms with Crippen LogP contribution >= 0.6 is 12.6 Å². The smallest absolute Gasteiger partial charge is 0.150 e. The van der Waals surface area contributed by atoms with Crippen LogP contribution in [0.15, 0.2) is 0 Å². The first-order valence-corrected chi connectivity index (χ1v) is 4.64. The Hall–Kier alpha value is -0.0200. The zero-order valence-electron chi connectivity index (χ0n) is 7.42. The molecule has 0 aliphatic rings. The van der Waals surface area contributed by atoms with Crippen LogP contribution in [0.25, 0.3) is 0 Å². The molecule has 3 heteroatoms. The number of thiol groups is 1. The fourth-order valence-corrected chi connectivity index (χ4v) is 1.21. The van der Waals surface area contributed by atoms with E-state index in [4.69, 9.17) is 0 Å². The van der Waals surface area contributed by atoms with E-state index in [1.54, 1.807) is 0 Å². The number of hydrogen-bond acceptors (Lipinski definition) is 3. The summed E-state index contributed by atoms with van der Waals surface area (Å²) in [5.41, 5.74) is 0. The third kappa shape index (κ3) is 4.43. The molecule has 0 spiro atoms. The van der Waals surface area contributed by atoms with Crippen LogP contribution in [-0.4, -0.2) is 23.6 Å². The highest BCUT2D eigenvalue weighted by atomic mass is 32.1. The van der Waals surface area contributed by atoms with Gasteiger partial charge in [-0.2, -0.15) is 12.6 Å². The lowest BCUT2D eigenvalue weighted by Gasteiger charge is -2.16. The summed E-state index contributed by atoms with van der Waals surface area (Å²) in [4.78, 5) is 11.2. The van der Waals surface area contributed by atoms with Crippen molar-refractivity contribution in [2.75, 3.05) is 5.75 Å². The van der Waals surface area contributed by atoms with Crippen molar-refractivity contribution in [3.8, 4) is 0 Å². The summed E-state index contributed by atoms with van der Waals surface area (Å²) in [6.07, 6.45) is 0.588. The molecule has 0 rings (SSSR count). The van der Waals surface area contributed by atoms with E-state index in [-0.39, 0.29) is 11.8 Å². The predicted molar refractivity (Wildman–Crippen MR) is 51.2 cm³/mol.